The van der Waals surface area contributed by atoms with Gasteiger partial charge in [0.25, 0.3) is 0 Å². The largest absolute Gasteiger partial charge is 0.378 e. The third-order valence-corrected chi connectivity index (χ3v) is 5.21. The van der Waals surface area contributed by atoms with Crippen LogP contribution in [0.15, 0.2) is 24.3 Å². The molecule has 1 aliphatic rings. The number of hydrogen-bond donors (Lipinski definition) is 3. The second kappa shape index (κ2) is 8.84. The Labute approximate surface area is 161 Å². The summed E-state index contributed by atoms with van der Waals surface area (Å²) in [5.74, 6) is -0.218. The Hall–Kier alpha value is -1.63. The van der Waals surface area contributed by atoms with Gasteiger partial charge in [0, 0.05) is 37.6 Å². The molecule has 0 aliphatic heterocycles. The van der Waals surface area contributed by atoms with Gasteiger partial charge in [0.1, 0.15) is 5.54 Å². The van der Waals surface area contributed by atoms with E-state index in [2.05, 4.69) is 10.6 Å². The predicted octanol–water partition coefficient (Wildman–Crippen LogP) is 2.26. The second-order valence-electron chi connectivity index (χ2n) is 7.23. The number of carbonyl (C=O) groups is 2. The molecule has 0 bridgehead atoms. The summed E-state index contributed by atoms with van der Waals surface area (Å²) in [6, 6.07) is 7.58. The van der Waals surface area contributed by atoms with Crippen molar-refractivity contribution in [3.05, 3.63) is 29.8 Å². The lowest BCUT2D eigenvalue weighted by molar-refractivity contribution is -0.170. The first-order valence-electron chi connectivity index (χ1n) is 8.76. The van der Waals surface area contributed by atoms with Gasteiger partial charge in [-0.3, -0.25) is 9.59 Å². The van der Waals surface area contributed by atoms with Gasteiger partial charge in [-0.1, -0.05) is 26.0 Å². The molecule has 0 aromatic heterocycles. The van der Waals surface area contributed by atoms with E-state index in [0.717, 1.165) is 11.3 Å². The zero-order chi connectivity index (χ0) is 18.7. The summed E-state index contributed by atoms with van der Waals surface area (Å²) in [6.45, 7) is 8.54. The van der Waals surface area contributed by atoms with Gasteiger partial charge >= 0.3 is 0 Å². The van der Waals surface area contributed by atoms with Crippen LogP contribution in [0.2, 0.25) is 0 Å². The molecule has 0 heterocycles. The summed E-state index contributed by atoms with van der Waals surface area (Å²) >= 11 is 0. The molecule has 26 heavy (non-hydrogen) atoms. The molecule has 146 valence electrons. The molecule has 1 aliphatic carbocycles. The van der Waals surface area contributed by atoms with Gasteiger partial charge < -0.3 is 21.1 Å². The lowest BCUT2D eigenvalue weighted by Crippen LogP contribution is -2.75. The highest BCUT2D eigenvalue weighted by Crippen LogP contribution is 2.49. The van der Waals surface area contributed by atoms with E-state index in [1.807, 2.05) is 45.0 Å². The van der Waals surface area contributed by atoms with E-state index in [1.165, 1.54) is 6.92 Å². The van der Waals surface area contributed by atoms with Crippen molar-refractivity contribution in [1.29, 1.82) is 0 Å². The van der Waals surface area contributed by atoms with E-state index in [-0.39, 0.29) is 35.7 Å². The van der Waals surface area contributed by atoms with Crippen LogP contribution in [0, 0.1) is 5.41 Å². The number of amides is 2. The first kappa shape index (κ1) is 22.4. The fourth-order valence-electron chi connectivity index (χ4n) is 3.26. The molecule has 1 fully saturated rings. The molecule has 7 heteroatoms. The number of halogens is 1. The van der Waals surface area contributed by atoms with E-state index in [4.69, 9.17) is 10.5 Å². The summed E-state index contributed by atoms with van der Waals surface area (Å²) in [5.41, 5.74) is 6.94. The number of ether oxygens (including phenoxy) is 1. The van der Waals surface area contributed by atoms with Gasteiger partial charge in [0.15, 0.2) is 0 Å². The van der Waals surface area contributed by atoms with Crippen molar-refractivity contribution in [3.63, 3.8) is 0 Å². The molecule has 2 atom stereocenters. The molecule has 1 saturated carbocycles. The first-order chi connectivity index (χ1) is 11.7. The minimum atomic E-state index is -0.887. The van der Waals surface area contributed by atoms with Crippen molar-refractivity contribution in [2.75, 3.05) is 18.5 Å². The van der Waals surface area contributed by atoms with Gasteiger partial charge in [0.2, 0.25) is 11.8 Å². The number of carbonyl (C=O) groups excluding carboxylic acids is 2. The summed E-state index contributed by atoms with van der Waals surface area (Å²) in [6.07, 6.45) is 1.28. The van der Waals surface area contributed by atoms with Gasteiger partial charge in [-0.05, 0) is 31.0 Å². The minimum Gasteiger partial charge on any atom is -0.378 e. The predicted molar refractivity (Wildman–Crippen MR) is 105 cm³/mol. The molecule has 2 rings (SSSR count). The van der Waals surface area contributed by atoms with Crippen molar-refractivity contribution in [1.82, 2.24) is 5.32 Å². The zero-order valence-electron chi connectivity index (χ0n) is 15.9. The number of hydrogen-bond acceptors (Lipinski definition) is 4. The summed E-state index contributed by atoms with van der Waals surface area (Å²) in [7, 11) is 0. The smallest absolute Gasteiger partial charge is 0.240 e. The molecular formula is C19H30ClN3O3. The molecule has 2 unspecified atom stereocenters. The standard InChI is InChI=1S/C19H29N3O3.ClH/c1-5-25-16-12-19(20,18(16,3)4)17(24)21-11-10-14-6-8-15(9-7-14)22-13(2)23;/h6-9,16H,5,10-12,20H2,1-4H3,(H,21,24)(H,22,23);1H. The fraction of sp³-hybridized carbons (Fsp3) is 0.579. The quantitative estimate of drug-likeness (QED) is 0.673. The number of benzene rings is 1. The molecule has 4 N–H and O–H groups in total. The number of rotatable bonds is 7. The van der Waals surface area contributed by atoms with E-state index in [1.54, 1.807) is 0 Å². The topological polar surface area (TPSA) is 93.4 Å². The van der Waals surface area contributed by atoms with Crippen molar-refractivity contribution in [2.24, 2.45) is 11.1 Å². The van der Waals surface area contributed by atoms with Gasteiger partial charge in [-0.25, -0.2) is 0 Å². The lowest BCUT2D eigenvalue weighted by atomic mass is 9.54. The van der Waals surface area contributed by atoms with Gasteiger partial charge in [-0.15, -0.1) is 12.4 Å². The van der Waals surface area contributed by atoms with Crippen LogP contribution in [0.3, 0.4) is 0 Å². The SMILES string of the molecule is CCOC1CC(N)(C(=O)NCCc2ccc(NC(C)=O)cc2)C1(C)C.Cl. The average Bonchev–Trinajstić information content (AvgIpc) is 2.55. The first-order valence-corrected chi connectivity index (χ1v) is 8.76. The maximum absolute atomic E-state index is 12.5. The van der Waals surface area contributed by atoms with Crippen LogP contribution in [0.5, 0.6) is 0 Å². The number of nitrogens with two attached hydrogens (primary N) is 1. The highest BCUT2D eigenvalue weighted by molar-refractivity contribution is 5.89. The van der Waals surface area contributed by atoms with Crippen LogP contribution in [-0.4, -0.2) is 36.6 Å². The van der Waals surface area contributed by atoms with E-state index < -0.39 is 5.54 Å². The van der Waals surface area contributed by atoms with Crippen LogP contribution in [-0.2, 0) is 20.7 Å². The Balaban J connectivity index is 0.00000338. The van der Waals surface area contributed by atoms with Crippen molar-refractivity contribution in [2.45, 2.75) is 52.2 Å². The normalized spacial score (nSPS) is 23.3. The highest BCUT2D eigenvalue weighted by atomic mass is 35.5. The van der Waals surface area contributed by atoms with Crippen molar-refractivity contribution in [3.8, 4) is 0 Å². The van der Waals surface area contributed by atoms with Crippen LogP contribution in [0.25, 0.3) is 0 Å². The number of nitrogens with one attached hydrogen (secondary N) is 2. The molecule has 2 amide bonds. The van der Waals surface area contributed by atoms with E-state index >= 15 is 0 Å². The molecular weight excluding hydrogens is 354 g/mol. The van der Waals surface area contributed by atoms with Crippen LogP contribution < -0.4 is 16.4 Å². The average molecular weight is 384 g/mol. The minimum absolute atomic E-state index is 0. The highest BCUT2D eigenvalue weighted by Gasteiger charge is 2.62. The van der Waals surface area contributed by atoms with E-state index in [9.17, 15) is 9.59 Å². The summed E-state index contributed by atoms with van der Waals surface area (Å²) < 4.78 is 5.66. The third kappa shape index (κ3) is 4.55. The van der Waals surface area contributed by atoms with Gasteiger partial charge in [-0.2, -0.15) is 0 Å². The molecule has 0 radical (unpaired) electrons. The Morgan fingerprint density at radius 2 is 1.88 bits per heavy atom. The number of anilines is 1. The van der Waals surface area contributed by atoms with Crippen molar-refractivity contribution < 1.29 is 14.3 Å². The Bertz CT molecular complexity index is 633. The van der Waals surface area contributed by atoms with Crippen molar-refractivity contribution >= 4 is 29.9 Å². The fourth-order valence-corrected chi connectivity index (χ4v) is 3.26. The Morgan fingerprint density at radius 3 is 2.38 bits per heavy atom. The summed E-state index contributed by atoms with van der Waals surface area (Å²) in [4.78, 5) is 23.5. The Morgan fingerprint density at radius 1 is 1.27 bits per heavy atom. The second-order valence-corrected chi connectivity index (χ2v) is 7.23. The third-order valence-electron chi connectivity index (χ3n) is 5.21. The monoisotopic (exact) mass is 383 g/mol. The molecule has 1 aromatic rings. The molecule has 6 nitrogen and oxygen atoms in total. The maximum atomic E-state index is 12.5. The molecule has 1 aromatic carbocycles. The lowest BCUT2D eigenvalue weighted by Gasteiger charge is -2.57. The maximum Gasteiger partial charge on any atom is 0.240 e. The van der Waals surface area contributed by atoms with Crippen LogP contribution >= 0.6 is 12.4 Å². The van der Waals surface area contributed by atoms with Crippen LogP contribution in [0.1, 0.15) is 39.7 Å². The van der Waals surface area contributed by atoms with Crippen LogP contribution in [0.4, 0.5) is 5.69 Å². The summed E-state index contributed by atoms with van der Waals surface area (Å²) in [5, 5.41) is 5.68. The molecule has 0 saturated heterocycles. The zero-order valence-corrected chi connectivity index (χ0v) is 16.7. The van der Waals surface area contributed by atoms with Gasteiger partial charge in [0.05, 0.1) is 6.10 Å². The molecule has 0 spiro atoms. The van der Waals surface area contributed by atoms with E-state index in [0.29, 0.717) is 26.0 Å². The Kier molecular flexibility index (Phi) is 7.62.